The van der Waals surface area contributed by atoms with Gasteiger partial charge in [-0.05, 0) is 56.9 Å². The Morgan fingerprint density at radius 2 is 1.97 bits per heavy atom. The predicted octanol–water partition coefficient (Wildman–Crippen LogP) is 4.28. The molecule has 0 fully saturated rings. The van der Waals surface area contributed by atoms with Gasteiger partial charge in [0.2, 0.25) is 5.91 Å². The highest BCUT2D eigenvalue weighted by molar-refractivity contribution is 5.86. The fraction of sp³-hybridized carbons (Fsp3) is 0.385. The molecule has 2 aromatic carbocycles. The Kier molecular flexibility index (Phi) is 6.15. The third-order valence-corrected chi connectivity index (χ3v) is 6.87. The SMILES string of the molecule is CCn1nc(C)c2c1CCN(C(C)(C(N)=O)c1ccccc1)C2CCc1cccc(F)c1. The first-order chi connectivity index (χ1) is 15.4. The number of carbonyl (C=O) groups is 1. The summed E-state index contributed by atoms with van der Waals surface area (Å²) in [6.45, 7) is 7.55. The molecule has 0 radical (unpaired) electrons. The van der Waals surface area contributed by atoms with E-state index in [1.54, 1.807) is 12.1 Å². The van der Waals surface area contributed by atoms with Gasteiger partial charge in [-0.2, -0.15) is 5.10 Å². The van der Waals surface area contributed by atoms with Crippen molar-refractivity contribution in [2.24, 2.45) is 5.73 Å². The normalized spacial score (nSPS) is 18.2. The van der Waals surface area contributed by atoms with Crippen LogP contribution in [0, 0.1) is 12.7 Å². The zero-order valence-corrected chi connectivity index (χ0v) is 19.0. The summed E-state index contributed by atoms with van der Waals surface area (Å²) in [6.07, 6.45) is 2.23. The third-order valence-electron chi connectivity index (χ3n) is 6.87. The molecule has 2 heterocycles. The molecule has 0 spiro atoms. The van der Waals surface area contributed by atoms with E-state index in [0.29, 0.717) is 13.0 Å². The number of halogens is 1. The monoisotopic (exact) mass is 434 g/mol. The number of carbonyl (C=O) groups excluding carboxylic acids is 1. The van der Waals surface area contributed by atoms with Gasteiger partial charge in [0, 0.05) is 36.8 Å². The van der Waals surface area contributed by atoms with Crippen molar-refractivity contribution in [1.82, 2.24) is 14.7 Å². The van der Waals surface area contributed by atoms with Crippen LogP contribution in [0.2, 0.25) is 0 Å². The first kappa shape index (κ1) is 22.2. The van der Waals surface area contributed by atoms with Crippen LogP contribution in [0.15, 0.2) is 54.6 Å². The summed E-state index contributed by atoms with van der Waals surface area (Å²) in [6, 6.07) is 16.4. The van der Waals surface area contributed by atoms with E-state index in [1.165, 1.54) is 17.3 Å². The summed E-state index contributed by atoms with van der Waals surface area (Å²) < 4.78 is 15.9. The summed E-state index contributed by atoms with van der Waals surface area (Å²) in [5, 5.41) is 4.78. The Morgan fingerprint density at radius 1 is 1.22 bits per heavy atom. The third kappa shape index (κ3) is 3.84. The van der Waals surface area contributed by atoms with Crippen molar-refractivity contribution in [2.75, 3.05) is 6.54 Å². The quantitative estimate of drug-likeness (QED) is 0.604. The minimum absolute atomic E-state index is 0.0555. The molecule has 2 N–H and O–H groups in total. The van der Waals surface area contributed by atoms with Crippen LogP contribution in [0.5, 0.6) is 0 Å². The molecular weight excluding hydrogens is 403 g/mol. The number of fused-ring (bicyclic) bond motifs is 1. The lowest BCUT2D eigenvalue weighted by Gasteiger charge is -2.47. The van der Waals surface area contributed by atoms with Crippen LogP contribution in [0.1, 0.15) is 54.4 Å². The molecule has 1 aliphatic rings. The Balaban J connectivity index is 1.79. The summed E-state index contributed by atoms with van der Waals surface area (Å²) in [5.41, 5.74) is 10.3. The minimum Gasteiger partial charge on any atom is -0.368 e. The second-order valence-electron chi connectivity index (χ2n) is 8.69. The Labute approximate surface area is 189 Å². The van der Waals surface area contributed by atoms with Crippen molar-refractivity contribution < 1.29 is 9.18 Å². The molecule has 32 heavy (non-hydrogen) atoms. The van der Waals surface area contributed by atoms with Crippen molar-refractivity contribution in [3.05, 3.63) is 88.5 Å². The van der Waals surface area contributed by atoms with Crippen molar-refractivity contribution in [3.63, 3.8) is 0 Å². The number of amides is 1. The number of primary amides is 1. The smallest absolute Gasteiger partial charge is 0.242 e. The molecule has 0 saturated heterocycles. The van der Waals surface area contributed by atoms with Crippen LogP contribution in [-0.2, 0) is 29.7 Å². The molecule has 2 atom stereocenters. The second-order valence-corrected chi connectivity index (χ2v) is 8.69. The van der Waals surface area contributed by atoms with Gasteiger partial charge in [0.15, 0.2) is 0 Å². The number of hydrogen-bond acceptors (Lipinski definition) is 3. The maximum Gasteiger partial charge on any atom is 0.242 e. The predicted molar refractivity (Wildman–Crippen MR) is 123 cm³/mol. The highest BCUT2D eigenvalue weighted by Crippen LogP contribution is 2.43. The maximum atomic E-state index is 13.8. The minimum atomic E-state index is -0.966. The van der Waals surface area contributed by atoms with Crippen LogP contribution in [0.4, 0.5) is 4.39 Å². The highest BCUT2D eigenvalue weighted by atomic mass is 19.1. The Morgan fingerprint density at radius 3 is 2.62 bits per heavy atom. The Bertz CT molecular complexity index is 1110. The van der Waals surface area contributed by atoms with Gasteiger partial charge in [-0.15, -0.1) is 0 Å². The van der Waals surface area contributed by atoms with Gasteiger partial charge in [-0.1, -0.05) is 42.5 Å². The number of nitrogens with zero attached hydrogens (tertiary/aromatic N) is 3. The lowest BCUT2D eigenvalue weighted by Crippen LogP contribution is -2.56. The van der Waals surface area contributed by atoms with Crippen LogP contribution in [0.25, 0.3) is 0 Å². The van der Waals surface area contributed by atoms with Crippen molar-refractivity contribution in [3.8, 4) is 0 Å². The van der Waals surface area contributed by atoms with Gasteiger partial charge in [-0.25, -0.2) is 4.39 Å². The van der Waals surface area contributed by atoms with Gasteiger partial charge in [-0.3, -0.25) is 14.4 Å². The summed E-state index contributed by atoms with van der Waals surface area (Å²) in [5.74, 6) is -0.603. The van der Waals surface area contributed by atoms with Gasteiger partial charge in [0.1, 0.15) is 11.4 Å². The number of hydrogen-bond donors (Lipinski definition) is 1. The zero-order chi connectivity index (χ0) is 22.9. The number of aryl methyl sites for hydroxylation is 3. The number of aromatic nitrogens is 2. The fourth-order valence-corrected chi connectivity index (χ4v) is 5.18. The first-order valence-electron chi connectivity index (χ1n) is 11.3. The van der Waals surface area contributed by atoms with E-state index in [4.69, 9.17) is 10.8 Å². The van der Waals surface area contributed by atoms with E-state index >= 15 is 0 Å². The van der Waals surface area contributed by atoms with Crippen LogP contribution >= 0.6 is 0 Å². The molecule has 0 bridgehead atoms. The van der Waals surface area contributed by atoms with E-state index in [0.717, 1.165) is 36.2 Å². The van der Waals surface area contributed by atoms with Gasteiger partial charge in [0.05, 0.1) is 5.69 Å². The van der Waals surface area contributed by atoms with Gasteiger partial charge >= 0.3 is 0 Å². The molecule has 0 aliphatic carbocycles. The fourth-order valence-electron chi connectivity index (χ4n) is 5.18. The Hall–Kier alpha value is -2.99. The maximum absolute atomic E-state index is 13.8. The van der Waals surface area contributed by atoms with E-state index in [9.17, 15) is 9.18 Å². The first-order valence-corrected chi connectivity index (χ1v) is 11.3. The lowest BCUT2D eigenvalue weighted by atomic mass is 9.82. The molecule has 2 unspecified atom stereocenters. The van der Waals surface area contributed by atoms with Crippen LogP contribution in [0.3, 0.4) is 0 Å². The summed E-state index contributed by atoms with van der Waals surface area (Å²) in [7, 11) is 0. The largest absolute Gasteiger partial charge is 0.368 e. The molecule has 1 aromatic heterocycles. The average Bonchev–Trinajstić information content (AvgIpc) is 3.13. The molecule has 0 saturated carbocycles. The van der Waals surface area contributed by atoms with Gasteiger partial charge in [0.25, 0.3) is 0 Å². The summed E-state index contributed by atoms with van der Waals surface area (Å²) in [4.78, 5) is 15.2. The van der Waals surface area contributed by atoms with Crippen molar-refractivity contribution >= 4 is 5.91 Å². The van der Waals surface area contributed by atoms with Crippen molar-refractivity contribution in [1.29, 1.82) is 0 Å². The van der Waals surface area contributed by atoms with Crippen LogP contribution < -0.4 is 5.73 Å². The molecule has 168 valence electrons. The van der Waals surface area contributed by atoms with Crippen molar-refractivity contribution in [2.45, 2.75) is 58.2 Å². The van der Waals surface area contributed by atoms with E-state index in [2.05, 4.69) is 16.5 Å². The second kappa shape index (κ2) is 8.87. The van der Waals surface area contributed by atoms with E-state index in [-0.39, 0.29) is 17.8 Å². The molecule has 3 aromatic rings. The molecular formula is C26H31FN4O. The average molecular weight is 435 g/mol. The highest BCUT2D eigenvalue weighted by Gasteiger charge is 2.46. The summed E-state index contributed by atoms with van der Waals surface area (Å²) >= 11 is 0. The number of nitrogens with two attached hydrogens (primary N) is 1. The zero-order valence-electron chi connectivity index (χ0n) is 19.0. The van der Waals surface area contributed by atoms with E-state index < -0.39 is 5.54 Å². The topological polar surface area (TPSA) is 64.2 Å². The molecule has 4 rings (SSSR count). The number of rotatable bonds is 7. The van der Waals surface area contributed by atoms with Crippen LogP contribution in [-0.4, -0.2) is 27.1 Å². The molecule has 6 heteroatoms. The van der Waals surface area contributed by atoms with Gasteiger partial charge < -0.3 is 5.73 Å². The molecule has 1 aliphatic heterocycles. The number of benzene rings is 2. The van der Waals surface area contributed by atoms with E-state index in [1.807, 2.05) is 50.2 Å². The standard InChI is InChI=1S/C26H31FN4O/c1-4-31-23-15-16-30(26(3,25(28)32)20-10-6-5-7-11-20)22(24(23)18(2)29-31)14-13-19-9-8-12-21(27)17-19/h5-12,17,22H,4,13-16H2,1-3H3,(H2,28,32). The lowest BCUT2D eigenvalue weighted by molar-refractivity contribution is -0.132. The molecule has 5 nitrogen and oxygen atoms in total. The molecule has 1 amide bonds.